The number of nitrogens with zero attached hydrogens (tertiary/aromatic N) is 1. The normalized spacial score (nSPS) is 22.3. The molecular weight excluding hydrogens is 292 g/mol. The summed E-state index contributed by atoms with van der Waals surface area (Å²) in [6, 6.07) is 6.57. The number of benzene rings is 1. The van der Waals surface area contributed by atoms with Gasteiger partial charge in [0.1, 0.15) is 0 Å². The van der Waals surface area contributed by atoms with Crippen molar-refractivity contribution < 1.29 is 4.79 Å². The van der Waals surface area contributed by atoms with E-state index in [9.17, 15) is 4.79 Å². The molecule has 0 bridgehead atoms. The van der Waals surface area contributed by atoms with E-state index < -0.39 is 0 Å². The number of hydrogen-bond donors (Lipinski definition) is 1. The third kappa shape index (κ3) is 2.31. The molecule has 2 aliphatic rings. The molecule has 1 amide bonds. The smallest absolute Gasteiger partial charge is 0.228 e. The first-order valence-corrected chi connectivity index (χ1v) is 7.35. The summed E-state index contributed by atoms with van der Waals surface area (Å²) in [5.74, 6) is 0.260. The van der Waals surface area contributed by atoms with Crippen LogP contribution < -0.4 is 10.2 Å². The predicted molar refractivity (Wildman–Crippen MR) is 75.8 cm³/mol. The number of carbonyl (C=O) groups excluding carboxylic acids is 1. The van der Waals surface area contributed by atoms with Crippen molar-refractivity contribution in [1.82, 2.24) is 5.32 Å². The molecule has 2 heterocycles. The molecule has 1 N–H and O–H groups in total. The summed E-state index contributed by atoms with van der Waals surface area (Å²) in [6.45, 7) is 1.89. The van der Waals surface area contributed by atoms with Crippen LogP contribution in [-0.2, 0) is 11.2 Å². The maximum atomic E-state index is 12.3. The Balaban J connectivity index is 1.73. The number of anilines is 1. The van der Waals surface area contributed by atoms with Crippen molar-refractivity contribution in [2.75, 3.05) is 18.0 Å². The van der Waals surface area contributed by atoms with E-state index in [1.807, 2.05) is 17.0 Å². The largest absolute Gasteiger partial charge is 0.313 e. The topological polar surface area (TPSA) is 32.3 Å². The Morgan fingerprint density at radius 1 is 1.50 bits per heavy atom. The van der Waals surface area contributed by atoms with Crippen molar-refractivity contribution >= 4 is 27.5 Å². The molecule has 0 radical (unpaired) electrons. The highest BCUT2D eigenvalue weighted by Gasteiger charge is 2.27. The van der Waals surface area contributed by atoms with E-state index in [4.69, 9.17) is 0 Å². The maximum absolute atomic E-state index is 12.3. The van der Waals surface area contributed by atoms with Crippen molar-refractivity contribution in [3.05, 3.63) is 28.2 Å². The van der Waals surface area contributed by atoms with Crippen LogP contribution in [0.5, 0.6) is 0 Å². The van der Waals surface area contributed by atoms with Crippen LogP contribution in [0.3, 0.4) is 0 Å². The Morgan fingerprint density at radius 3 is 3.17 bits per heavy atom. The highest BCUT2D eigenvalue weighted by molar-refractivity contribution is 9.10. The van der Waals surface area contributed by atoms with Gasteiger partial charge in [-0.3, -0.25) is 4.79 Å². The van der Waals surface area contributed by atoms with Gasteiger partial charge in [0.15, 0.2) is 0 Å². The first-order chi connectivity index (χ1) is 8.74. The summed E-state index contributed by atoms with van der Waals surface area (Å²) in [5.41, 5.74) is 2.37. The molecule has 1 unspecified atom stereocenters. The first-order valence-electron chi connectivity index (χ1n) is 6.56. The highest BCUT2D eigenvalue weighted by atomic mass is 79.9. The van der Waals surface area contributed by atoms with Crippen molar-refractivity contribution in [2.24, 2.45) is 0 Å². The summed E-state index contributed by atoms with van der Waals surface area (Å²) in [6.07, 6.45) is 3.93. The molecule has 0 spiro atoms. The average molecular weight is 309 g/mol. The van der Waals surface area contributed by atoms with Gasteiger partial charge in [-0.1, -0.05) is 15.9 Å². The summed E-state index contributed by atoms with van der Waals surface area (Å²) >= 11 is 3.48. The summed E-state index contributed by atoms with van der Waals surface area (Å²) in [5, 5.41) is 3.39. The number of rotatable bonds is 2. The van der Waals surface area contributed by atoms with Gasteiger partial charge in [-0.05, 0) is 49.6 Å². The van der Waals surface area contributed by atoms with Crippen molar-refractivity contribution in [1.29, 1.82) is 0 Å². The van der Waals surface area contributed by atoms with Gasteiger partial charge in [0.25, 0.3) is 0 Å². The predicted octanol–water partition coefficient (Wildman–Crippen LogP) is 2.48. The van der Waals surface area contributed by atoms with E-state index in [1.54, 1.807) is 0 Å². The Bertz CT molecular complexity index is 469. The highest BCUT2D eigenvalue weighted by Crippen LogP contribution is 2.31. The lowest BCUT2D eigenvalue weighted by Crippen LogP contribution is -2.34. The number of carbonyl (C=O) groups is 1. The molecule has 3 rings (SSSR count). The van der Waals surface area contributed by atoms with Crippen LogP contribution in [0.15, 0.2) is 22.7 Å². The minimum atomic E-state index is 0.260. The molecule has 2 aliphatic heterocycles. The molecule has 0 aliphatic carbocycles. The second kappa shape index (κ2) is 5.02. The van der Waals surface area contributed by atoms with E-state index in [2.05, 4.69) is 27.3 Å². The minimum Gasteiger partial charge on any atom is -0.313 e. The summed E-state index contributed by atoms with van der Waals surface area (Å²) in [4.78, 5) is 14.3. The first kappa shape index (κ1) is 12.2. The van der Waals surface area contributed by atoms with Crippen LogP contribution >= 0.6 is 15.9 Å². The number of amides is 1. The van der Waals surface area contributed by atoms with Crippen LogP contribution in [0.1, 0.15) is 24.8 Å². The van der Waals surface area contributed by atoms with Crippen molar-refractivity contribution in [2.45, 2.75) is 31.7 Å². The quantitative estimate of drug-likeness (QED) is 0.910. The fourth-order valence-corrected chi connectivity index (χ4v) is 3.29. The van der Waals surface area contributed by atoms with Gasteiger partial charge in [-0.15, -0.1) is 0 Å². The molecule has 0 saturated carbocycles. The van der Waals surface area contributed by atoms with E-state index in [-0.39, 0.29) is 5.91 Å². The molecule has 3 nitrogen and oxygen atoms in total. The second-order valence-corrected chi connectivity index (χ2v) is 5.98. The molecule has 4 heteroatoms. The van der Waals surface area contributed by atoms with Gasteiger partial charge in [-0.25, -0.2) is 0 Å². The summed E-state index contributed by atoms with van der Waals surface area (Å²) in [7, 11) is 0. The van der Waals surface area contributed by atoms with Gasteiger partial charge >= 0.3 is 0 Å². The van der Waals surface area contributed by atoms with Crippen LogP contribution in [0, 0.1) is 0 Å². The zero-order valence-corrected chi connectivity index (χ0v) is 11.9. The van der Waals surface area contributed by atoms with Gasteiger partial charge in [0, 0.05) is 29.2 Å². The molecule has 1 saturated heterocycles. The van der Waals surface area contributed by atoms with Crippen LogP contribution in [-0.4, -0.2) is 25.0 Å². The molecule has 1 atom stereocenters. The summed E-state index contributed by atoms with van der Waals surface area (Å²) < 4.78 is 1.09. The average Bonchev–Trinajstić information content (AvgIpc) is 2.97. The number of nitrogens with one attached hydrogen (secondary N) is 1. The molecule has 1 aromatic carbocycles. The van der Waals surface area contributed by atoms with Crippen LogP contribution in [0.25, 0.3) is 0 Å². The van der Waals surface area contributed by atoms with Crippen molar-refractivity contribution in [3.8, 4) is 0 Å². The van der Waals surface area contributed by atoms with Gasteiger partial charge in [0.05, 0.1) is 0 Å². The zero-order chi connectivity index (χ0) is 12.5. The molecule has 0 aromatic heterocycles. The molecule has 1 fully saturated rings. The van der Waals surface area contributed by atoms with E-state index in [0.717, 1.165) is 36.1 Å². The van der Waals surface area contributed by atoms with E-state index in [1.165, 1.54) is 12.0 Å². The molecule has 18 heavy (non-hydrogen) atoms. The van der Waals surface area contributed by atoms with Gasteiger partial charge in [-0.2, -0.15) is 0 Å². The Labute approximate surface area is 116 Å². The Hall–Kier alpha value is -0.870. The van der Waals surface area contributed by atoms with E-state index >= 15 is 0 Å². The van der Waals surface area contributed by atoms with Crippen LogP contribution in [0.4, 0.5) is 5.69 Å². The van der Waals surface area contributed by atoms with Crippen LogP contribution in [0.2, 0.25) is 0 Å². The van der Waals surface area contributed by atoms with Gasteiger partial charge in [0.2, 0.25) is 5.91 Å². The molecular formula is C14H17BrN2O. The SMILES string of the molecule is O=C(CC1CCCN1)N1CCc2cc(Br)ccc21. The monoisotopic (exact) mass is 308 g/mol. The Kier molecular flexibility index (Phi) is 3.39. The number of fused-ring (bicyclic) bond motifs is 1. The Morgan fingerprint density at radius 2 is 2.39 bits per heavy atom. The fraction of sp³-hybridized carbons (Fsp3) is 0.500. The maximum Gasteiger partial charge on any atom is 0.228 e. The van der Waals surface area contributed by atoms with Gasteiger partial charge < -0.3 is 10.2 Å². The lowest BCUT2D eigenvalue weighted by molar-refractivity contribution is -0.118. The lowest BCUT2D eigenvalue weighted by atomic mass is 10.1. The lowest BCUT2D eigenvalue weighted by Gasteiger charge is -2.19. The van der Waals surface area contributed by atoms with Crippen molar-refractivity contribution in [3.63, 3.8) is 0 Å². The molecule has 96 valence electrons. The second-order valence-electron chi connectivity index (χ2n) is 5.07. The standard InChI is InChI=1S/C14H17BrN2O/c15-11-3-4-13-10(8-11)5-7-17(13)14(18)9-12-2-1-6-16-12/h3-4,8,12,16H,1-2,5-7,9H2. The third-order valence-electron chi connectivity index (χ3n) is 3.82. The molecule has 1 aromatic rings. The number of hydrogen-bond acceptors (Lipinski definition) is 2. The minimum absolute atomic E-state index is 0.260. The third-order valence-corrected chi connectivity index (χ3v) is 4.31. The zero-order valence-electron chi connectivity index (χ0n) is 10.3. The van der Waals surface area contributed by atoms with E-state index in [0.29, 0.717) is 12.5 Å². The fourth-order valence-electron chi connectivity index (χ4n) is 2.88. The number of halogens is 1.